The second-order valence-electron chi connectivity index (χ2n) is 3.72. The van der Waals surface area contributed by atoms with Crippen molar-refractivity contribution in [2.45, 2.75) is 25.2 Å². The molecule has 2 atom stereocenters. The number of ether oxygens (including phenoxy) is 2. The van der Waals surface area contributed by atoms with Gasteiger partial charge in [0.2, 0.25) is 0 Å². The third-order valence-electron chi connectivity index (χ3n) is 2.51. The van der Waals surface area contributed by atoms with Gasteiger partial charge in [-0.3, -0.25) is 0 Å². The molecule has 4 heteroatoms. The summed E-state index contributed by atoms with van der Waals surface area (Å²) in [7, 11) is 0. The molecule has 1 aromatic carbocycles. The molecule has 4 nitrogen and oxygen atoms in total. The van der Waals surface area contributed by atoms with Crippen molar-refractivity contribution in [3.63, 3.8) is 0 Å². The summed E-state index contributed by atoms with van der Waals surface area (Å²) in [5, 5.41) is 18.1. The molecule has 1 heterocycles. The Morgan fingerprint density at radius 1 is 1.44 bits per heavy atom. The highest BCUT2D eigenvalue weighted by molar-refractivity contribution is 5.32. The molecular formula is C12H13NO3. The lowest BCUT2D eigenvalue weighted by Crippen LogP contribution is -2.14. The summed E-state index contributed by atoms with van der Waals surface area (Å²) in [6, 6.07) is 9.15. The highest BCUT2D eigenvalue weighted by Crippen LogP contribution is 2.22. The molecule has 1 fully saturated rings. The van der Waals surface area contributed by atoms with Crippen LogP contribution in [0, 0.1) is 11.3 Å². The zero-order valence-electron chi connectivity index (χ0n) is 8.80. The number of benzene rings is 1. The van der Waals surface area contributed by atoms with Crippen molar-refractivity contribution in [1.29, 1.82) is 5.26 Å². The second kappa shape index (κ2) is 4.97. The maximum absolute atomic E-state index is 9.58. The molecule has 1 aromatic rings. The van der Waals surface area contributed by atoms with E-state index in [1.807, 2.05) is 12.1 Å². The van der Waals surface area contributed by atoms with Gasteiger partial charge < -0.3 is 14.6 Å². The van der Waals surface area contributed by atoms with E-state index in [1.165, 1.54) is 0 Å². The summed E-state index contributed by atoms with van der Waals surface area (Å²) in [6.07, 6.45) is 0.360. The maximum atomic E-state index is 9.58. The number of aromatic hydroxyl groups is 1. The van der Waals surface area contributed by atoms with Gasteiger partial charge in [-0.15, -0.1) is 0 Å². The molecule has 2 rings (SSSR count). The standard InChI is InChI=1S/C12H13NO3/c13-6-5-10-8-15-12(16-10)7-9-3-1-2-4-11(9)14/h1-4,10,12,14H,5,7-8H2. The van der Waals surface area contributed by atoms with E-state index in [2.05, 4.69) is 6.07 Å². The zero-order valence-corrected chi connectivity index (χ0v) is 8.80. The first-order chi connectivity index (χ1) is 7.79. The van der Waals surface area contributed by atoms with Crippen LogP contribution in [0.2, 0.25) is 0 Å². The fourth-order valence-corrected chi connectivity index (χ4v) is 1.69. The van der Waals surface area contributed by atoms with Crippen LogP contribution < -0.4 is 0 Å². The molecule has 1 aliphatic rings. The van der Waals surface area contributed by atoms with Crippen LogP contribution >= 0.6 is 0 Å². The third-order valence-corrected chi connectivity index (χ3v) is 2.51. The van der Waals surface area contributed by atoms with Crippen molar-refractivity contribution in [2.24, 2.45) is 0 Å². The van der Waals surface area contributed by atoms with Crippen molar-refractivity contribution >= 4 is 0 Å². The summed E-state index contributed by atoms with van der Waals surface area (Å²) in [5.74, 6) is 0.249. The fraction of sp³-hybridized carbons (Fsp3) is 0.417. The van der Waals surface area contributed by atoms with E-state index in [4.69, 9.17) is 14.7 Å². The molecule has 2 unspecified atom stereocenters. The predicted molar refractivity (Wildman–Crippen MR) is 56.7 cm³/mol. The van der Waals surface area contributed by atoms with E-state index < -0.39 is 0 Å². The van der Waals surface area contributed by atoms with Crippen molar-refractivity contribution in [3.8, 4) is 11.8 Å². The Labute approximate surface area is 94.0 Å². The Morgan fingerprint density at radius 2 is 2.25 bits per heavy atom. The average molecular weight is 219 g/mol. The molecule has 1 saturated heterocycles. The molecule has 0 amide bonds. The molecule has 0 aliphatic carbocycles. The quantitative estimate of drug-likeness (QED) is 0.838. The lowest BCUT2D eigenvalue weighted by molar-refractivity contribution is -0.0551. The first-order valence-corrected chi connectivity index (χ1v) is 5.20. The van der Waals surface area contributed by atoms with Crippen molar-refractivity contribution in [2.75, 3.05) is 6.61 Å². The number of hydrogen-bond acceptors (Lipinski definition) is 4. The van der Waals surface area contributed by atoms with Gasteiger partial charge in [0.1, 0.15) is 5.75 Å². The van der Waals surface area contributed by atoms with E-state index in [0.717, 1.165) is 5.56 Å². The molecule has 0 spiro atoms. The first kappa shape index (κ1) is 10.9. The van der Waals surface area contributed by atoms with Crippen LogP contribution in [-0.4, -0.2) is 24.1 Å². The van der Waals surface area contributed by atoms with Crippen molar-refractivity contribution in [1.82, 2.24) is 0 Å². The van der Waals surface area contributed by atoms with Gasteiger partial charge in [-0.05, 0) is 11.6 Å². The van der Waals surface area contributed by atoms with Crippen LogP contribution in [0.4, 0.5) is 0 Å². The molecule has 1 aliphatic heterocycles. The Bertz CT molecular complexity index is 399. The molecule has 16 heavy (non-hydrogen) atoms. The number of hydrogen-bond donors (Lipinski definition) is 1. The smallest absolute Gasteiger partial charge is 0.162 e. The highest BCUT2D eigenvalue weighted by Gasteiger charge is 2.26. The minimum absolute atomic E-state index is 0.138. The van der Waals surface area contributed by atoms with Crippen LogP contribution in [0.25, 0.3) is 0 Å². The van der Waals surface area contributed by atoms with Crippen LogP contribution in [0.15, 0.2) is 24.3 Å². The van der Waals surface area contributed by atoms with E-state index in [9.17, 15) is 5.11 Å². The van der Waals surface area contributed by atoms with Gasteiger partial charge in [-0.2, -0.15) is 5.26 Å². The minimum Gasteiger partial charge on any atom is -0.508 e. The van der Waals surface area contributed by atoms with E-state index in [1.54, 1.807) is 12.1 Å². The summed E-state index contributed by atoms with van der Waals surface area (Å²) in [6.45, 7) is 0.450. The Hall–Kier alpha value is -1.57. The van der Waals surface area contributed by atoms with Gasteiger partial charge in [0.25, 0.3) is 0 Å². The summed E-state index contributed by atoms with van der Waals surface area (Å²) < 4.78 is 10.9. The van der Waals surface area contributed by atoms with Crippen LogP contribution in [-0.2, 0) is 15.9 Å². The lowest BCUT2D eigenvalue weighted by Gasteiger charge is -2.11. The molecular weight excluding hydrogens is 206 g/mol. The largest absolute Gasteiger partial charge is 0.508 e. The van der Waals surface area contributed by atoms with Gasteiger partial charge in [-0.25, -0.2) is 0 Å². The van der Waals surface area contributed by atoms with Crippen LogP contribution in [0.1, 0.15) is 12.0 Å². The number of nitriles is 1. The number of para-hydroxylation sites is 1. The summed E-state index contributed by atoms with van der Waals surface area (Å²) in [4.78, 5) is 0. The van der Waals surface area contributed by atoms with E-state index in [-0.39, 0.29) is 18.1 Å². The fourth-order valence-electron chi connectivity index (χ4n) is 1.69. The van der Waals surface area contributed by atoms with Gasteiger partial charge in [0.05, 0.1) is 25.2 Å². The Balaban J connectivity index is 1.93. The van der Waals surface area contributed by atoms with Gasteiger partial charge in [-0.1, -0.05) is 18.2 Å². The normalized spacial score (nSPS) is 24.2. The predicted octanol–water partition coefficient (Wildman–Crippen LogP) is 1.59. The topological polar surface area (TPSA) is 62.5 Å². The molecule has 0 saturated carbocycles. The average Bonchev–Trinajstić information content (AvgIpc) is 2.70. The molecule has 84 valence electrons. The number of rotatable bonds is 3. The number of nitrogens with zero attached hydrogens (tertiary/aromatic N) is 1. The monoisotopic (exact) mass is 219 g/mol. The SMILES string of the molecule is N#CCC1COC(Cc2ccccc2O)O1. The molecule has 0 bridgehead atoms. The van der Waals surface area contributed by atoms with Gasteiger partial charge in [0.15, 0.2) is 6.29 Å². The Kier molecular flexibility index (Phi) is 3.40. The van der Waals surface area contributed by atoms with Crippen molar-refractivity contribution < 1.29 is 14.6 Å². The summed E-state index contributed by atoms with van der Waals surface area (Å²) in [5.41, 5.74) is 0.796. The Morgan fingerprint density at radius 3 is 3.00 bits per heavy atom. The lowest BCUT2D eigenvalue weighted by atomic mass is 10.1. The summed E-state index contributed by atoms with van der Waals surface area (Å²) >= 11 is 0. The minimum atomic E-state index is -0.355. The highest BCUT2D eigenvalue weighted by atomic mass is 16.7. The van der Waals surface area contributed by atoms with E-state index >= 15 is 0 Å². The van der Waals surface area contributed by atoms with Gasteiger partial charge >= 0.3 is 0 Å². The van der Waals surface area contributed by atoms with Crippen molar-refractivity contribution in [3.05, 3.63) is 29.8 Å². The molecule has 1 N–H and O–H groups in total. The van der Waals surface area contributed by atoms with Gasteiger partial charge in [0, 0.05) is 6.42 Å². The second-order valence-corrected chi connectivity index (χ2v) is 3.72. The maximum Gasteiger partial charge on any atom is 0.162 e. The number of phenolic OH excluding ortho intramolecular Hbond substituents is 1. The third kappa shape index (κ3) is 2.51. The number of phenols is 1. The van der Waals surface area contributed by atoms with Crippen LogP contribution in [0.5, 0.6) is 5.75 Å². The van der Waals surface area contributed by atoms with E-state index in [0.29, 0.717) is 19.4 Å². The van der Waals surface area contributed by atoms with Crippen LogP contribution in [0.3, 0.4) is 0 Å². The molecule has 0 aromatic heterocycles. The zero-order chi connectivity index (χ0) is 11.4. The molecule has 0 radical (unpaired) electrons. The first-order valence-electron chi connectivity index (χ1n) is 5.20.